The van der Waals surface area contributed by atoms with Gasteiger partial charge in [-0.05, 0) is 18.2 Å². The number of methoxy groups -OCH3 is 1. The van der Waals surface area contributed by atoms with Gasteiger partial charge in [0.1, 0.15) is 5.75 Å². The van der Waals surface area contributed by atoms with Gasteiger partial charge in [0.25, 0.3) is 0 Å². The van der Waals surface area contributed by atoms with Crippen LogP contribution < -0.4 is 10.2 Å². The number of hydrogen-bond donors (Lipinski definition) is 0. The van der Waals surface area contributed by atoms with Crippen LogP contribution in [0.4, 0.5) is 0 Å². The van der Waals surface area contributed by atoms with Crippen molar-refractivity contribution in [3.63, 3.8) is 0 Å². The van der Waals surface area contributed by atoms with Crippen LogP contribution >= 0.6 is 0 Å². The predicted octanol–water partition coefficient (Wildman–Crippen LogP) is 2.70. The Labute approximate surface area is 104 Å². The third kappa shape index (κ3) is 1.40. The normalized spacial score (nSPS) is 11.0. The highest BCUT2D eigenvalue weighted by atomic mass is 16.5. The van der Waals surface area contributed by atoms with E-state index in [0.29, 0.717) is 11.3 Å². The summed E-state index contributed by atoms with van der Waals surface area (Å²) < 4.78 is 7.08. The van der Waals surface area contributed by atoms with E-state index in [-0.39, 0.29) is 5.43 Å². The van der Waals surface area contributed by atoms with Gasteiger partial charge in [-0.3, -0.25) is 4.79 Å². The summed E-state index contributed by atoms with van der Waals surface area (Å²) in [4.78, 5) is 12.2. The lowest BCUT2D eigenvalue weighted by Crippen LogP contribution is -2.01. The molecular weight excluding hydrogens is 226 g/mol. The zero-order chi connectivity index (χ0) is 12.7. The molecular formula is C15H13NO2. The lowest BCUT2D eigenvalue weighted by atomic mass is 10.2. The topological polar surface area (TPSA) is 31.2 Å². The Kier molecular flexibility index (Phi) is 2.33. The third-order valence-electron chi connectivity index (χ3n) is 3.30. The predicted molar refractivity (Wildman–Crippen MR) is 73.2 cm³/mol. The van der Waals surface area contributed by atoms with E-state index in [1.54, 1.807) is 7.11 Å². The number of benzene rings is 1. The summed E-state index contributed by atoms with van der Waals surface area (Å²) in [6.45, 7) is 0. The average Bonchev–Trinajstić information content (AvgIpc) is 2.56. The number of hydrogen-bond acceptors (Lipinski definition) is 2. The summed E-state index contributed by atoms with van der Waals surface area (Å²) in [6.07, 6.45) is 0. The van der Waals surface area contributed by atoms with Crippen LogP contribution in [0.5, 0.6) is 5.75 Å². The second-order valence-corrected chi connectivity index (χ2v) is 4.29. The van der Waals surface area contributed by atoms with Gasteiger partial charge in [0.2, 0.25) is 5.43 Å². The summed E-state index contributed by atoms with van der Waals surface area (Å²) in [6, 6.07) is 13.3. The molecule has 1 heterocycles. The first-order valence-electron chi connectivity index (χ1n) is 5.78. The molecule has 0 radical (unpaired) electrons. The van der Waals surface area contributed by atoms with Gasteiger partial charge in [0.05, 0.1) is 12.6 Å². The maximum atomic E-state index is 12.2. The van der Waals surface area contributed by atoms with E-state index in [2.05, 4.69) is 0 Å². The average molecular weight is 239 g/mol. The SMILES string of the molecule is COc1ccc2c3ccccc3n(C)c2c(=O)c1. The van der Waals surface area contributed by atoms with Gasteiger partial charge in [0.15, 0.2) is 0 Å². The van der Waals surface area contributed by atoms with Crippen molar-refractivity contribution >= 4 is 21.8 Å². The first kappa shape index (κ1) is 10.8. The molecule has 90 valence electrons. The molecule has 1 aromatic heterocycles. The van der Waals surface area contributed by atoms with Crippen LogP contribution in [-0.2, 0) is 7.05 Å². The summed E-state index contributed by atoms with van der Waals surface area (Å²) in [5.74, 6) is 0.584. The maximum absolute atomic E-state index is 12.2. The molecule has 3 rings (SSSR count). The van der Waals surface area contributed by atoms with Gasteiger partial charge < -0.3 is 9.30 Å². The molecule has 0 spiro atoms. The quantitative estimate of drug-likeness (QED) is 0.653. The molecule has 3 aromatic rings. The molecule has 18 heavy (non-hydrogen) atoms. The number of para-hydroxylation sites is 1. The number of fused-ring (bicyclic) bond motifs is 3. The maximum Gasteiger partial charge on any atom is 0.206 e. The van der Waals surface area contributed by atoms with Gasteiger partial charge in [-0.25, -0.2) is 0 Å². The Morgan fingerprint density at radius 3 is 2.61 bits per heavy atom. The molecule has 0 amide bonds. The second-order valence-electron chi connectivity index (χ2n) is 4.29. The smallest absolute Gasteiger partial charge is 0.206 e. The van der Waals surface area contributed by atoms with Crippen molar-refractivity contribution in [3.8, 4) is 5.75 Å². The molecule has 3 heteroatoms. The van der Waals surface area contributed by atoms with E-state index in [0.717, 1.165) is 16.3 Å². The zero-order valence-electron chi connectivity index (χ0n) is 10.3. The van der Waals surface area contributed by atoms with Gasteiger partial charge in [-0.15, -0.1) is 0 Å². The third-order valence-corrected chi connectivity index (χ3v) is 3.30. The van der Waals surface area contributed by atoms with E-state index in [1.807, 2.05) is 48.0 Å². The van der Waals surface area contributed by atoms with Crippen molar-refractivity contribution in [2.75, 3.05) is 7.11 Å². The van der Waals surface area contributed by atoms with E-state index < -0.39 is 0 Å². The van der Waals surface area contributed by atoms with Gasteiger partial charge in [-0.2, -0.15) is 0 Å². The van der Waals surface area contributed by atoms with E-state index in [1.165, 1.54) is 6.07 Å². The molecule has 0 saturated carbocycles. The summed E-state index contributed by atoms with van der Waals surface area (Å²) in [7, 11) is 3.48. The van der Waals surface area contributed by atoms with Crippen molar-refractivity contribution in [1.82, 2.24) is 4.57 Å². The molecule has 3 nitrogen and oxygen atoms in total. The first-order valence-corrected chi connectivity index (χ1v) is 5.78. The molecule has 0 saturated heterocycles. The van der Waals surface area contributed by atoms with Crippen LogP contribution in [0.3, 0.4) is 0 Å². The molecule has 0 aliphatic carbocycles. The number of ether oxygens (including phenoxy) is 1. The molecule has 0 aliphatic rings. The minimum Gasteiger partial charge on any atom is -0.497 e. The Balaban J connectivity index is 2.61. The molecule has 0 unspecified atom stereocenters. The summed E-state index contributed by atoms with van der Waals surface area (Å²) in [5.41, 5.74) is 1.75. The molecule has 2 aromatic carbocycles. The Hall–Kier alpha value is -2.29. The lowest BCUT2D eigenvalue weighted by molar-refractivity contribution is 0.415. The van der Waals surface area contributed by atoms with Crippen LogP contribution in [0, 0.1) is 0 Å². The lowest BCUT2D eigenvalue weighted by Gasteiger charge is -1.95. The Bertz CT molecular complexity index is 803. The van der Waals surface area contributed by atoms with Crippen LogP contribution in [0.15, 0.2) is 47.3 Å². The standard InChI is InChI=1S/C15H13NO2/c1-16-13-6-4-3-5-11(13)12-8-7-10(18-2)9-14(17)15(12)16/h3-9H,1-2H3. The van der Waals surface area contributed by atoms with Crippen LogP contribution in [0.1, 0.15) is 0 Å². The summed E-state index contributed by atoms with van der Waals surface area (Å²) >= 11 is 0. The first-order chi connectivity index (χ1) is 8.72. The fourth-order valence-corrected chi connectivity index (χ4v) is 2.43. The van der Waals surface area contributed by atoms with Gasteiger partial charge in [0, 0.05) is 29.4 Å². The fraction of sp³-hybridized carbons (Fsp3) is 0.133. The molecule has 0 atom stereocenters. The molecule has 0 aliphatic heterocycles. The fourth-order valence-electron chi connectivity index (χ4n) is 2.43. The van der Waals surface area contributed by atoms with Crippen LogP contribution in [0.25, 0.3) is 21.8 Å². The van der Waals surface area contributed by atoms with Crippen molar-refractivity contribution in [2.45, 2.75) is 0 Å². The number of nitrogens with zero attached hydrogens (tertiary/aromatic N) is 1. The molecule has 0 N–H and O–H groups in total. The number of rotatable bonds is 1. The highest BCUT2D eigenvalue weighted by molar-refractivity contribution is 6.07. The van der Waals surface area contributed by atoms with Gasteiger partial charge >= 0.3 is 0 Å². The van der Waals surface area contributed by atoms with Crippen molar-refractivity contribution in [2.24, 2.45) is 7.05 Å². The number of aromatic nitrogens is 1. The van der Waals surface area contributed by atoms with Crippen molar-refractivity contribution < 1.29 is 4.74 Å². The van der Waals surface area contributed by atoms with Crippen LogP contribution in [-0.4, -0.2) is 11.7 Å². The van der Waals surface area contributed by atoms with Crippen molar-refractivity contribution in [1.29, 1.82) is 0 Å². The van der Waals surface area contributed by atoms with E-state index in [9.17, 15) is 4.79 Å². The van der Waals surface area contributed by atoms with Crippen LogP contribution in [0.2, 0.25) is 0 Å². The Morgan fingerprint density at radius 2 is 1.83 bits per heavy atom. The van der Waals surface area contributed by atoms with Crippen molar-refractivity contribution in [3.05, 3.63) is 52.7 Å². The zero-order valence-corrected chi connectivity index (χ0v) is 10.3. The summed E-state index contributed by atoms with van der Waals surface area (Å²) in [5, 5.41) is 2.05. The second kappa shape index (κ2) is 3.88. The van der Waals surface area contributed by atoms with Gasteiger partial charge in [-0.1, -0.05) is 18.2 Å². The van der Waals surface area contributed by atoms with E-state index >= 15 is 0 Å². The van der Waals surface area contributed by atoms with E-state index in [4.69, 9.17) is 4.74 Å². The Morgan fingerprint density at radius 1 is 1.06 bits per heavy atom. The molecule has 0 fully saturated rings. The minimum absolute atomic E-state index is 0.0226. The number of aryl methyl sites for hydroxylation is 1. The highest BCUT2D eigenvalue weighted by Crippen LogP contribution is 2.26. The highest BCUT2D eigenvalue weighted by Gasteiger charge is 2.09. The monoisotopic (exact) mass is 239 g/mol. The minimum atomic E-state index is -0.0226. The largest absolute Gasteiger partial charge is 0.497 e. The molecule has 0 bridgehead atoms.